The Kier molecular flexibility index (Phi) is 77.9. The Labute approximate surface area is 417 Å². The molecule has 0 bridgehead atoms. The van der Waals surface area contributed by atoms with Crippen molar-refractivity contribution >= 4 is 79.0 Å². The Morgan fingerprint density at radius 2 is 0.311 bits per heavy atom. The van der Waals surface area contributed by atoms with Crippen molar-refractivity contribution in [3.05, 3.63) is 0 Å². The van der Waals surface area contributed by atoms with E-state index < -0.39 is 111 Å². The first-order chi connectivity index (χ1) is 29.6. The maximum Gasteiger partial charge on any atom is 0.0627 e. The van der Waals surface area contributed by atoms with Gasteiger partial charge in [-0.2, -0.15) is 0 Å². The fourth-order valence-corrected chi connectivity index (χ4v) is 44.7. The largest absolute Gasteiger partial charge is 0.396 e. The maximum atomic E-state index is 8.50. The van der Waals surface area contributed by atoms with Crippen molar-refractivity contribution < 1.29 is 20.4 Å². The molecule has 372 valence electrons. The zero-order valence-electron chi connectivity index (χ0n) is 44.6. The van der Waals surface area contributed by atoms with Crippen LogP contribution in [0.2, 0.25) is 53.2 Å². The third-order valence-electron chi connectivity index (χ3n) is 11.9. The van der Waals surface area contributed by atoms with Gasteiger partial charge in [0.1, 0.15) is 0 Å². The van der Waals surface area contributed by atoms with Crippen LogP contribution in [0, 0.1) is 5.41 Å². The second-order valence-electron chi connectivity index (χ2n) is 18.4. The van der Waals surface area contributed by atoms with Crippen LogP contribution in [0.4, 0.5) is 0 Å². The minimum Gasteiger partial charge on any atom is -0.396 e. The van der Waals surface area contributed by atoms with Gasteiger partial charge in [-0.15, -0.1) is 0 Å². The molecule has 0 saturated carbocycles. The molecule has 0 atom stereocenters. The first-order valence-corrected chi connectivity index (χ1v) is 51.6. The third kappa shape index (κ3) is 59.1. The second kappa shape index (κ2) is 65.1. The molecule has 0 aromatic heterocycles. The van der Waals surface area contributed by atoms with E-state index in [9.17, 15) is 0 Å². The van der Waals surface area contributed by atoms with Gasteiger partial charge in [-0.05, 0) is 0 Å². The molecule has 61 heavy (non-hydrogen) atoms. The molecule has 0 aromatic carbocycles. The van der Waals surface area contributed by atoms with Crippen molar-refractivity contribution in [3.63, 3.8) is 0 Å². The van der Waals surface area contributed by atoms with E-state index in [1.807, 2.05) is 0 Å². The normalized spacial score (nSPS) is 11.2. The summed E-state index contributed by atoms with van der Waals surface area (Å²) in [6.07, 6.45) is 35.4. The van der Waals surface area contributed by atoms with Crippen LogP contribution in [0.15, 0.2) is 0 Å². The van der Waals surface area contributed by atoms with E-state index in [0.717, 1.165) is 0 Å². The first-order valence-electron chi connectivity index (χ1n) is 27.4. The van der Waals surface area contributed by atoms with Gasteiger partial charge in [0.05, 0.1) is 31.8 Å². The van der Waals surface area contributed by atoms with Gasteiger partial charge in [-0.25, -0.2) is 0 Å². The Morgan fingerprint density at radius 1 is 0.213 bits per heavy atom. The number of aliphatic hydroxyl groups is 4. The topological polar surface area (TPSA) is 80.9 Å². The average Bonchev–Trinajstić information content (AvgIpc) is 3.29. The molecule has 0 spiro atoms. The first kappa shape index (κ1) is 73.0. The SMILES string of the molecule is CCC[CH2][Sn]([CH2]CCC)[CH2]CCC.CCC[CH2][Sn]([CH2]CCC)[CH2]CCC.CCC[CH2][Sn]([CH2]CCC)[CH2]CCC.CCC[CH2][Sn]([CH2]CCC)[CH2]CCC.OCC(CO)(CO)CO. The molecule has 4 nitrogen and oxygen atoms in total. The van der Waals surface area contributed by atoms with Crippen LogP contribution in [-0.2, 0) is 0 Å². The van der Waals surface area contributed by atoms with Crippen molar-refractivity contribution in [2.45, 2.75) is 290 Å². The molecule has 0 amide bonds. The monoisotopic (exact) mass is 1300 g/mol. The summed E-state index contributed by atoms with van der Waals surface area (Å²) in [6, 6.07) is 0. The summed E-state index contributed by atoms with van der Waals surface area (Å²) in [7, 11) is 0. The van der Waals surface area contributed by atoms with Crippen LogP contribution in [0.5, 0.6) is 0 Å². The predicted octanol–water partition coefficient (Wildman–Crippen LogP) is 17.5. The van der Waals surface area contributed by atoms with Crippen LogP contribution in [0.1, 0.15) is 237 Å². The van der Waals surface area contributed by atoms with Crippen LogP contribution in [0.3, 0.4) is 0 Å². The molecule has 0 aliphatic heterocycles. The van der Waals surface area contributed by atoms with E-state index in [2.05, 4.69) is 83.1 Å². The molecule has 0 unspecified atom stereocenters. The Hall–Kier alpha value is 3.03. The molecular formula is C53H120O4Sn4. The molecule has 8 heteroatoms. The summed E-state index contributed by atoms with van der Waals surface area (Å²) in [4.78, 5) is 0. The van der Waals surface area contributed by atoms with E-state index in [-0.39, 0.29) is 0 Å². The molecule has 0 aliphatic rings. The standard InChI is InChI=1S/C5H12O4.12C4H9.4Sn/c6-1-5(2-7,3-8)4-9;12*1-3-4-2;;;;/h6-9H,1-4H2;12*1,3-4H2,2H3;;;;. The van der Waals surface area contributed by atoms with E-state index in [1.54, 1.807) is 53.2 Å². The predicted molar refractivity (Wildman–Crippen MR) is 290 cm³/mol. The van der Waals surface area contributed by atoms with Gasteiger partial charge in [-0.1, -0.05) is 0 Å². The summed E-state index contributed by atoms with van der Waals surface area (Å²) in [6.45, 7) is 26.4. The van der Waals surface area contributed by atoms with E-state index >= 15 is 0 Å². The average molecular weight is 1300 g/mol. The molecule has 0 fully saturated rings. The molecular weight excluding hydrogens is 1180 g/mol. The summed E-state index contributed by atoms with van der Waals surface area (Å²) in [5, 5.41) is 34.0. The molecule has 4 radical (unpaired) electrons. The van der Waals surface area contributed by atoms with Gasteiger partial charge < -0.3 is 20.4 Å². The van der Waals surface area contributed by atoms with Gasteiger partial charge in [-0.3, -0.25) is 0 Å². The quantitative estimate of drug-likeness (QED) is 0.0461. The summed E-state index contributed by atoms with van der Waals surface area (Å²) < 4.78 is 20.2. The molecule has 0 heterocycles. The number of unbranched alkanes of at least 4 members (excludes halogenated alkanes) is 12. The zero-order chi connectivity index (χ0) is 47.1. The fraction of sp³-hybridized carbons (Fsp3) is 1.00. The Bertz CT molecular complexity index is 526. The number of rotatable bonds is 40. The van der Waals surface area contributed by atoms with Crippen LogP contribution in [0.25, 0.3) is 0 Å². The van der Waals surface area contributed by atoms with Crippen molar-refractivity contribution in [2.24, 2.45) is 5.41 Å². The second-order valence-corrected chi connectivity index (χ2v) is 52.6. The van der Waals surface area contributed by atoms with Gasteiger partial charge in [0.2, 0.25) is 0 Å². The third-order valence-corrected chi connectivity index (χ3v) is 48.3. The van der Waals surface area contributed by atoms with E-state index in [1.165, 1.54) is 154 Å². The van der Waals surface area contributed by atoms with Crippen molar-refractivity contribution in [1.82, 2.24) is 0 Å². The van der Waals surface area contributed by atoms with Crippen molar-refractivity contribution in [2.75, 3.05) is 26.4 Å². The Balaban J connectivity index is -0.000000215. The van der Waals surface area contributed by atoms with E-state index in [4.69, 9.17) is 20.4 Å². The van der Waals surface area contributed by atoms with Gasteiger partial charge in [0.25, 0.3) is 0 Å². The van der Waals surface area contributed by atoms with Gasteiger partial charge >= 0.3 is 369 Å². The van der Waals surface area contributed by atoms with Crippen molar-refractivity contribution in [1.29, 1.82) is 0 Å². The zero-order valence-corrected chi connectivity index (χ0v) is 56.0. The molecule has 0 aliphatic carbocycles. The summed E-state index contributed by atoms with van der Waals surface area (Å²) >= 11 is -3.36. The van der Waals surface area contributed by atoms with Crippen LogP contribution >= 0.6 is 0 Å². The minimum absolute atomic E-state index is 0.406. The number of hydrogen-bond acceptors (Lipinski definition) is 4. The maximum absolute atomic E-state index is 8.50. The smallest absolute Gasteiger partial charge is 0.0627 e. The summed E-state index contributed by atoms with van der Waals surface area (Å²) in [5.41, 5.74) is -1.11. The molecule has 0 aromatic rings. The number of hydrogen-bond donors (Lipinski definition) is 4. The number of aliphatic hydroxyl groups excluding tert-OH is 4. The fourth-order valence-electron chi connectivity index (χ4n) is 6.92. The van der Waals surface area contributed by atoms with Crippen LogP contribution < -0.4 is 0 Å². The van der Waals surface area contributed by atoms with E-state index in [0.29, 0.717) is 0 Å². The van der Waals surface area contributed by atoms with Gasteiger partial charge in [0.15, 0.2) is 0 Å². The minimum atomic E-state index is -1.11. The molecule has 0 saturated heterocycles. The summed E-state index contributed by atoms with van der Waals surface area (Å²) in [5.74, 6) is 0. The van der Waals surface area contributed by atoms with Crippen LogP contribution in [-0.4, -0.2) is 126 Å². The molecule has 0 rings (SSSR count). The molecule has 4 N–H and O–H groups in total. The van der Waals surface area contributed by atoms with Crippen molar-refractivity contribution in [3.8, 4) is 0 Å². The van der Waals surface area contributed by atoms with Gasteiger partial charge in [0, 0.05) is 0 Å². The Morgan fingerprint density at radius 3 is 0.361 bits per heavy atom.